The molecule has 2 aromatic heterocycles. The van der Waals surface area contributed by atoms with Crippen molar-refractivity contribution in [1.29, 1.82) is 0 Å². The van der Waals surface area contributed by atoms with Crippen LogP contribution in [0.2, 0.25) is 5.02 Å². The molecular formula is C20H17ClN4OS2. The van der Waals surface area contributed by atoms with E-state index in [1.54, 1.807) is 22.5 Å². The molecule has 5 nitrogen and oxygen atoms in total. The average Bonchev–Trinajstić information content (AvgIpc) is 3.26. The van der Waals surface area contributed by atoms with Crippen LogP contribution in [0.3, 0.4) is 0 Å². The second-order valence-electron chi connectivity index (χ2n) is 6.08. The standard InChI is InChI=1S/C20H17ClN4OS2/c1-3-27-14-7-4-6-13(11-14)19(26)22-17-10-12(2)24-25(17)20-23-18-15(21)8-5-9-16(18)28-20/h4-11H,3H2,1-2H3,(H,22,26). The third-order valence-corrected chi connectivity index (χ3v) is 6.20. The van der Waals surface area contributed by atoms with Crippen LogP contribution < -0.4 is 5.32 Å². The maximum absolute atomic E-state index is 12.8. The van der Waals surface area contributed by atoms with Crippen molar-refractivity contribution in [3.63, 3.8) is 0 Å². The van der Waals surface area contributed by atoms with Crippen molar-refractivity contribution in [2.24, 2.45) is 0 Å². The van der Waals surface area contributed by atoms with E-state index in [0.717, 1.165) is 26.6 Å². The molecule has 0 aliphatic rings. The van der Waals surface area contributed by atoms with Crippen LogP contribution in [0, 0.1) is 6.92 Å². The SMILES string of the molecule is CCSc1cccc(C(=O)Nc2cc(C)nn2-c2nc3c(Cl)cccc3s2)c1. The zero-order chi connectivity index (χ0) is 19.7. The number of aryl methyl sites for hydroxylation is 1. The second kappa shape index (κ2) is 7.95. The number of nitrogens with one attached hydrogen (secondary N) is 1. The summed E-state index contributed by atoms with van der Waals surface area (Å²) in [5.41, 5.74) is 2.13. The van der Waals surface area contributed by atoms with E-state index < -0.39 is 0 Å². The summed E-state index contributed by atoms with van der Waals surface area (Å²) in [7, 11) is 0. The summed E-state index contributed by atoms with van der Waals surface area (Å²) in [6, 6.07) is 15.1. The molecule has 4 aromatic rings. The number of amides is 1. The van der Waals surface area contributed by atoms with Crippen molar-refractivity contribution in [3.05, 3.63) is 64.8 Å². The number of thiazole rings is 1. The Morgan fingerprint density at radius 3 is 2.86 bits per heavy atom. The Kier molecular flexibility index (Phi) is 5.39. The van der Waals surface area contributed by atoms with Crippen molar-refractivity contribution < 1.29 is 4.79 Å². The maximum atomic E-state index is 12.8. The molecule has 0 spiro atoms. The molecule has 142 valence electrons. The van der Waals surface area contributed by atoms with Crippen LogP contribution in [-0.2, 0) is 0 Å². The number of anilines is 1. The fourth-order valence-electron chi connectivity index (χ4n) is 2.81. The lowest BCUT2D eigenvalue weighted by Gasteiger charge is -2.07. The van der Waals surface area contributed by atoms with E-state index in [-0.39, 0.29) is 5.91 Å². The zero-order valence-electron chi connectivity index (χ0n) is 15.3. The van der Waals surface area contributed by atoms with E-state index in [2.05, 4.69) is 22.3 Å². The van der Waals surface area contributed by atoms with Gasteiger partial charge in [-0.2, -0.15) is 9.78 Å². The highest BCUT2D eigenvalue weighted by Gasteiger charge is 2.16. The predicted molar refractivity (Wildman–Crippen MR) is 117 cm³/mol. The summed E-state index contributed by atoms with van der Waals surface area (Å²) in [6.07, 6.45) is 0. The molecule has 2 heterocycles. The van der Waals surface area contributed by atoms with Gasteiger partial charge in [0.15, 0.2) is 0 Å². The monoisotopic (exact) mass is 428 g/mol. The van der Waals surface area contributed by atoms with Gasteiger partial charge in [0.05, 0.1) is 15.4 Å². The number of para-hydroxylation sites is 1. The van der Waals surface area contributed by atoms with Crippen LogP contribution in [-0.4, -0.2) is 26.4 Å². The first-order valence-electron chi connectivity index (χ1n) is 8.71. The first kappa shape index (κ1) is 19.0. The molecule has 0 aliphatic heterocycles. The Hall–Kier alpha value is -2.35. The molecule has 0 saturated heterocycles. The Labute approximate surface area is 175 Å². The summed E-state index contributed by atoms with van der Waals surface area (Å²) >= 11 is 9.43. The summed E-state index contributed by atoms with van der Waals surface area (Å²) < 4.78 is 2.62. The molecule has 2 aromatic carbocycles. The second-order valence-corrected chi connectivity index (χ2v) is 8.83. The van der Waals surface area contributed by atoms with Crippen molar-refractivity contribution in [2.45, 2.75) is 18.7 Å². The quantitative estimate of drug-likeness (QED) is 0.407. The van der Waals surface area contributed by atoms with Crippen LogP contribution in [0.15, 0.2) is 53.4 Å². The normalized spacial score (nSPS) is 11.1. The van der Waals surface area contributed by atoms with Crippen LogP contribution in [0.1, 0.15) is 23.0 Å². The summed E-state index contributed by atoms with van der Waals surface area (Å²) in [5, 5.41) is 8.71. The molecule has 4 rings (SSSR count). The highest BCUT2D eigenvalue weighted by atomic mass is 35.5. The molecule has 8 heteroatoms. The fourth-order valence-corrected chi connectivity index (χ4v) is 4.76. The van der Waals surface area contributed by atoms with E-state index in [0.29, 0.717) is 21.5 Å². The number of fused-ring (bicyclic) bond motifs is 1. The maximum Gasteiger partial charge on any atom is 0.256 e. The third kappa shape index (κ3) is 3.78. The van der Waals surface area contributed by atoms with Crippen molar-refractivity contribution in [2.75, 3.05) is 11.1 Å². The number of carbonyl (C=O) groups is 1. The van der Waals surface area contributed by atoms with Gasteiger partial charge in [-0.15, -0.1) is 11.8 Å². The largest absolute Gasteiger partial charge is 0.306 e. The van der Waals surface area contributed by atoms with E-state index in [1.807, 2.05) is 49.4 Å². The molecule has 0 bridgehead atoms. The molecule has 28 heavy (non-hydrogen) atoms. The average molecular weight is 429 g/mol. The number of aromatic nitrogens is 3. The zero-order valence-corrected chi connectivity index (χ0v) is 17.7. The highest BCUT2D eigenvalue weighted by molar-refractivity contribution is 7.99. The Bertz CT molecular complexity index is 1170. The van der Waals surface area contributed by atoms with Gasteiger partial charge >= 0.3 is 0 Å². The molecule has 0 unspecified atom stereocenters. The van der Waals surface area contributed by atoms with Crippen molar-refractivity contribution in [3.8, 4) is 5.13 Å². The lowest BCUT2D eigenvalue weighted by molar-refractivity contribution is 0.102. The van der Waals surface area contributed by atoms with Gasteiger partial charge in [0.2, 0.25) is 5.13 Å². The van der Waals surface area contributed by atoms with Gasteiger partial charge in [-0.25, -0.2) is 4.98 Å². The van der Waals surface area contributed by atoms with Gasteiger partial charge in [-0.1, -0.05) is 42.0 Å². The van der Waals surface area contributed by atoms with Gasteiger partial charge < -0.3 is 5.32 Å². The number of hydrogen-bond acceptors (Lipinski definition) is 5. The van der Waals surface area contributed by atoms with Gasteiger partial charge in [-0.3, -0.25) is 4.79 Å². The number of halogens is 1. The number of thioether (sulfide) groups is 1. The topological polar surface area (TPSA) is 59.8 Å². The number of benzene rings is 2. The number of nitrogens with zero attached hydrogens (tertiary/aromatic N) is 3. The lowest BCUT2D eigenvalue weighted by atomic mass is 10.2. The molecule has 0 aliphatic carbocycles. The predicted octanol–water partition coefficient (Wildman–Crippen LogP) is 5.81. The first-order chi connectivity index (χ1) is 13.5. The summed E-state index contributed by atoms with van der Waals surface area (Å²) in [5.74, 6) is 1.35. The fraction of sp³-hybridized carbons (Fsp3) is 0.150. The van der Waals surface area contributed by atoms with Gasteiger partial charge in [0, 0.05) is 16.5 Å². The minimum absolute atomic E-state index is 0.182. The smallest absolute Gasteiger partial charge is 0.256 e. The Balaban J connectivity index is 1.67. The number of rotatable bonds is 5. The van der Waals surface area contributed by atoms with Crippen LogP contribution in [0.5, 0.6) is 0 Å². The first-order valence-corrected chi connectivity index (χ1v) is 10.9. The van der Waals surface area contributed by atoms with E-state index in [1.165, 1.54) is 11.3 Å². The molecule has 1 amide bonds. The van der Waals surface area contributed by atoms with E-state index in [9.17, 15) is 4.79 Å². The van der Waals surface area contributed by atoms with Gasteiger partial charge in [0.25, 0.3) is 5.91 Å². The Morgan fingerprint density at radius 1 is 1.25 bits per heavy atom. The molecule has 0 radical (unpaired) electrons. The minimum atomic E-state index is -0.182. The van der Waals surface area contributed by atoms with Crippen molar-refractivity contribution >= 4 is 56.6 Å². The molecule has 0 atom stereocenters. The minimum Gasteiger partial charge on any atom is -0.306 e. The Morgan fingerprint density at radius 2 is 2.07 bits per heavy atom. The summed E-state index contributed by atoms with van der Waals surface area (Å²) in [4.78, 5) is 18.5. The highest BCUT2D eigenvalue weighted by Crippen LogP contribution is 2.31. The van der Waals surface area contributed by atoms with E-state index >= 15 is 0 Å². The van der Waals surface area contributed by atoms with Gasteiger partial charge in [-0.05, 0) is 43.0 Å². The van der Waals surface area contributed by atoms with Crippen molar-refractivity contribution in [1.82, 2.24) is 14.8 Å². The number of hydrogen-bond donors (Lipinski definition) is 1. The number of carbonyl (C=O) groups excluding carboxylic acids is 1. The molecule has 0 saturated carbocycles. The molecular weight excluding hydrogens is 412 g/mol. The van der Waals surface area contributed by atoms with E-state index in [4.69, 9.17) is 11.6 Å². The summed E-state index contributed by atoms with van der Waals surface area (Å²) in [6.45, 7) is 3.97. The lowest BCUT2D eigenvalue weighted by Crippen LogP contribution is -2.15. The van der Waals surface area contributed by atoms with Crippen LogP contribution in [0.4, 0.5) is 5.82 Å². The van der Waals surface area contributed by atoms with Gasteiger partial charge in [0.1, 0.15) is 11.3 Å². The van der Waals surface area contributed by atoms with Crippen LogP contribution in [0.25, 0.3) is 15.3 Å². The molecule has 0 fully saturated rings. The third-order valence-electron chi connectivity index (χ3n) is 4.02. The molecule has 1 N–H and O–H groups in total. The van der Waals surface area contributed by atoms with Crippen LogP contribution >= 0.6 is 34.7 Å².